The highest BCUT2D eigenvalue weighted by molar-refractivity contribution is 6.30. The number of aryl methyl sites for hydroxylation is 1. The Bertz CT molecular complexity index is 582. The van der Waals surface area contributed by atoms with Crippen LogP contribution >= 0.6 is 11.6 Å². The van der Waals surface area contributed by atoms with Crippen molar-refractivity contribution in [2.75, 3.05) is 0 Å². The molecule has 0 saturated heterocycles. The Morgan fingerprint density at radius 2 is 2.33 bits per heavy atom. The van der Waals surface area contributed by atoms with Gasteiger partial charge in [0.05, 0.1) is 24.3 Å². The molecule has 0 saturated carbocycles. The molecule has 2 aromatic rings. The van der Waals surface area contributed by atoms with Crippen LogP contribution < -0.4 is 4.74 Å². The van der Waals surface area contributed by atoms with Crippen LogP contribution in [0.25, 0.3) is 0 Å². The van der Waals surface area contributed by atoms with Crippen molar-refractivity contribution >= 4 is 11.6 Å². The van der Waals surface area contributed by atoms with Gasteiger partial charge >= 0.3 is 0 Å². The minimum Gasteiger partial charge on any atom is -0.484 e. The second kappa shape index (κ2) is 4.30. The molecule has 2 atom stereocenters. The average Bonchev–Trinajstić information content (AvgIpc) is 2.76. The Morgan fingerprint density at radius 3 is 3.06 bits per heavy atom. The minimum atomic E-state index is -0.563. The number of ether oxygens (including phenoxy) is 1. The number of aromatic nitrogens is 2. The summed E-state index contributed by atoms with van der Waals surface area (Å²) in [6.07, 6.45) is 3.25. The Labute approximate surface area is 110 Å². The fraction of sp³-hybridized carbons (Fsp3) is 0.308. The van der Waals surface area contributed by atoms with Crippen LogP contribution in [0, 0.1) is 0 Å². The van der Waals surface area contributed by atoms with E-state index in [1.165, 1.54) is 0 Å². The van der Waals surface area contributed by atoms with E-state index < -0.39 is 6.10 Å². The van der Waals surface area contributed by atoms with E-state index >= 15 is 0 Å². The van der Waals surface area contributed by atoms with Crippen molar-refractivity contribution in [3.05, 3.63) is 47.0 Å². The Hall–Kier alpha value is -1.52. The molecule has 1 aromatic carbocycles. The third kappa shape index (κ3) is 1.87. The van der Waals surface area contributed by atoms with E-state index in [1.807, 2.05) is 11.6 Å². The summed E-state index contributed by atoms with van der Waals surface area (Å²) < 4.78 is 7.80. The van der Waals surface area contributed by atoms with Crippen LogP contribution in [-0.4, -0.2) is 14.7 Å². The summed E-state index contributed by atoms with van der Waals surface area (Å²) in [6.45, 7) is 0. The van der Waals surface area contributed by atoms with E-state index in [4.69, 9.17) is 16.3 Å². The Kier molecular flexibility index (Phi) is 2.76. The fourth-order valence-corrected chi connectivity index (χ4v) is 2.46. The zero-order valence-corrected chi connectivity index (χ0v) is 10.6. The summed E-state index contributed by atoms with van der Waals surface area (Å²) >= 11 is 5.92. The van der Waals surface area contributed by atoms with E-state index in [0.717, 1.165) is 11.3 Å². The summed E-state index contributed by atoms with van der Waals surface area (Å²) in [7, 11) is 1.91. The number of rotatable bonds is 1. The van der Waals surface area contributed by atoms with Gasteiger partial charge in [-0.3, -0.25) is 0 Å². The first-order valence-corrected chi connectivity index (χ1v) is 6.13. The van der Waals surface area contributed by atoms with Gasteiger partial charge in [-0.1, -0.05) is 11.6 Å². The normalized spacial score (nSPS) is 22.4. The quantitative estimate of drug-likeness (QED) is 0.861. The molecule has 1 aliphatic rings. The number of halogens is 1. The molecule has 0 aliphatic carbocycles. The molecule has 1 aromatic heterocycles. The second-order valence-electron chi connectivity index (χ2n) is 4.47. The summed E-state index contributed by atoms with van der Waals surface area (Å²) in [5.74, 6) is 0.685. The predicted molar refractivity (Wildman–Crippen MR) is 67.6 cm³/mol. The molecular formula is C13H13ClN2O2. The summed E-state index contributed by atoms with van der Waals surface area (Å²) in [6, 6.07) is 5.31. The zero-order valence-electron chi connectivity index (χ0n) is 9.88. The van der Waals surface area contributed by atoms with Crippen molar-refractivity contribution in [1.29, 1.82) is 0 Å². The molecule has 4 nitrogen and oxygen atoms in total. The lowest BCUT2D eigenvalue weighted by molar-refractivity contribution is 0.0623. The molecule has 5 heteroatoms. The molecule has 2 heterocycles. The second-order valence-corrected chi connectivity index (χ2v) is 4.91. The van der Waals surface area contributed by atoms with Crippen LogP contribution in [0.15, 0.2) is 30.7 Å². The maximum atomic E-state index is 10.2. The maximum Gasteiger partial charge on any atom is 0.143 e. The number of fused-ring (bicyclic) bond motifs is 1. The van der Waals surface area contributed by atoms with Gasteiger partial charge in [0.15, 0.2) is 0 Å². The van der Waals surface area contributed by atoms with Gasteiger partial charge in [-0.2, -0.15) is 0 Å². The molecule has 94 valence electrons. The molecule has 0 fully saturated rings. The number of nitrogens with zero attached hydrogens (tertiary/aromatic N) is 2. The lowest BCUT2D eigenvalue weighted by Crippen LogP contribution is -2.20. The Balaban J connectivity index is 1.97. The van der Waals surface area contributed by atoms with Crippen molar-refractivity contribution in [3.63, 3.8) is 0 Å². The molecular weight excluding hydrogens is 252 g/mol. The molecule has 0 radical (unpaired) electrons. The SMILES string of the molecule is Cn1cncc1C1C[C@@H](O)c2cc(Cl)ccc2O1. The van der Waals surface area contributed by atoms with Crippen molar-refractivity contribution in [2.45, 2.75) is 18.6 Å². The predicted octanol–water partition coefficient (Wildman–Crippen LogP) is 2.63. The third-order valence-electron chi connectivity index (χ3n) is 3.22. The van der Waals surface area contributed by atoms with Crippen LogP contribution in [0.2, 0.25) is 5.02 Å². The summed E-state index contributed by atoms with van der Waals surface area (Å²) in [5, 5.41) is 10.8. The van der Waals surface area contributed by atoms with Gasteiger partial charge in [0.25, 0.3) is 0 Å². The third-order valence-corrected chi connectivity index (χ3v) is 3.46. The first-order chi connectivity index (χ1) is 8.65. The van der Waals surface area contributed by atoms with Crippen molar-refractivity contribution < 1.29 is 9.84 Å². The molecule has 1 unspecified atom stereocenters. The molecule has 0 bridgehead atoms. The lowest BCUT2D eigenvalue weighted by Gasteiger charge is -2.29. The molecule has 3 rings (SSSR count). The smallest absolute Gasteiger partial charge is 0.143 e. The van der Waals surface area contributed by atoms with Gasteiger partial charge in [-0.25, -0.2) is 4.98 Å². The van der Waals surface area contributed by atoms with Gasteiger partial charge < -0.3 is 14.4 Å². The molecule has 1 N–H and O–H groups in total. The van der Waals surface area contributed by atoms with Gasteiger partial charge in [-0.05, 0) is 18.2 Å². The van der Waals surface area contributed by atoms with Crippen LogP contribution in [0.3, 0.4) is 0 Å². The standard InChI is InChI=1S/C13H13ClN2O2/c1-16-7-15-6-10(16)13-5-11(17)9-4-8(14)2-3-12(9)18-13/h2-4,6-7,11,13,17H,5H2,1H3/t11-,13?/m1/s1. The van der Waals surface area contributed by atoms with Gasteiger partial charge in [0.1, 0.15) is 11.9 Å². The van der Waals surface area contributed by atoms with E-state index in [1.54, 1.807) is 30.7 Å². The van der Waals surface area contributed by atoms with Crippen LogP contribution in [0.4, 0.5) is 0 Å². The highest BCUT2D eigenvalue weighted by Crippen LogP contribution is 2.41. The first kappa shape index (κ1) is 11.6. The van der Waals surface area contributed by atoms with Crippen molar-refractivity contribution in [3.8, 4) is 5.75 Å². The number of aliphatic hydroxyl groups excluding tert-OH is 1. The van der Waals surface area contributed by atoms with E-state index in [9.17, 15) is 5.11 Å². The number of aliphatic hydroxyl groups is 1. The van der Waals surface area contributed by atoms with Gasteiger partial charge in [0.2, 0.25) is 0 Å². The average molecular weight is 265 g/mol. The van der Waals surface area contributed by atoms with Crippen molar-refractivity contribution in [2.24, 2.45) is 7.05 Å². The van der Waals surface area contributed by atoms with E-state index in [0.29, 0.717) is 17.2 Å². The fourth-order valence-electron chi connectivity index (χ4n) is 2.28. The molecule has 18 heavy (non-hydrogen) atoms. The van der Waals surface area contributed by atoms with Crippen LogP contribution in [0.1, 0.15) is 29.9 Å². The maximum absolute atomic E-state index is 10.2. The number of hydrogen-bond donors (Lipinski definition) is 1. The largest absolute Gasteiger partial charge is 0.484 e. The van der Waals surface area contributed by atoms with Gasteiger partial charge in [-0.15, -0.1) is 0 Å². The topological polar surface area (TPSA) is 47.3 Å². The summed E-state index contributed by atoms with van der Waals surface area (Å²) in [4.78, 5) is 4.07. The van der Waals surface area contributed by atoms with Crippen LogP contribution in [-0.2, 0) is 7.05 Å². The first-order valence-electron chi connectivity index (χ1n) is 5.75. The number of benzene rings is 1. The van der Waals surface area contributed by atoms with Crippen LogP contribution in [0.5, 0.6) is 5.75 Å². The highest BCUT2D eigenvalue weighted by Gasteiger charge is 2.29. The summed E-state index contributed by atoms with van der Waals surface area (Å²) in [5.41, 5.74) is 1.70. The molecule has 0 amide bonds. The lowest BCUT2D eigenvalue weighted by atomic mass is 9.98. The minimum absolute atomic E-state index is 0.179. The number of imidazole rings is 1. The van der Waals surface area contributed by atoms with Gasteiger partial charge in [0, 0.05) is 24.1 Å². The Morgan fingerprint density at radius 1 is 1.50 bits per heavy atom. The van der Waals surface area contributed by atoms with E-state index in [-0.39, 0.29) is 6.10 Å². The molecule has 0 spiro atoms. The van der Waals surface area contributed by atoms with E-state index in [2.05, 4.69) is 4.98 Å². The number of hydrogen-bond acceptors (Lipinski definition) is 3. The zero-order chi connectivity index (χ0) is 12.7. The van der Waals surface area contributed by atoms with Crippen molar-refractivity contribution in [1.82, 2.24) is 9.55 Å². The highest BCUT2D eigenvalue weighted by atomic mass is 35.5. The monoisotopic (exact) mass is 264 g/mol. The molecule has 1 aliphatic heterocycles.